The summed E-state index contributed by atoms with van der Waals surface area (Å²) in [6.07, 6.45) is 2.67. The average molecular weight is 198 g/mol. The van der Waals surface area contributed by atoms with Crippen LogP contribution in [-0.4, -0.2) is 0 Å². The molecule has 86 valence electrons. The Morgan fingerprint density at radius 1 is 0.857 bits per heavy atom. The smallest absolute Gasteiger partial charge is 0.0335 e. The molecule has 0 spiro atoms. The molecule has 0 fully saturated rings. The van der Waals surface area contributed by atoms with Crippen LogP contribution in [0.5, 0.6) is 0 Å². The van der Waals surface area contributed by atoms with E-state index in [-0.39, 0.29) is 0 Å². The van der Waals surface area contributed by atoms with Gasteiger partial charge in [0.2, 0.25) is 0 Å². The maximum absolute atomic E-state index is 2.42. The molecule has 2 unspecified atom stereocenters. The molecule has 0 aromatic heterocycles. The van der Waals surface area contributed by atoms with Crippen LogP contribution < -0.4 is 0 Å². The third-order valence-corrected chi connectivity index (χ3v) is 3.68. The molecule has 2 atom stereocenters. The van der Waals surface area contributed by atoms with E-state index in [0.717, 1.165) is 11.8 Å². The first-order chi connectivity index (χ1) is 6.10. The molecule has 0 saturated heterocycles. The van der Waals surface area contributed by atoms with E-state index in [1.807, 2.05) is 0 Å². The van der Waals surface area contributed by atoms with Crippen molar-refractivity contribution in [3.8, 4) is 0 Å². The molecular formula is C14H30. The third kappa shape index (κ3) is 4.02. The van der Waals surface area contributed by atoms with E-state index in [1.165, 1.54) is 12.8 Å². The largest absolute Gasteiger partial charge is 0.0654 e. The van der Waals surface area contributed by atoms with Gasteiger partial charge in [-0.2, -0.15) is 0 Å². The Bertz CT molecular complexity index is 154. The van der Waals surface area contributed by atoms with Gasteiger partial charge in [-0.25, -0.2) is 0 Å². The molecule has 14 heavy (non-hydrogen) atoms. The van der Waals surface area contributed by atoms with Crippen LogP contribution in [0.15, 0.2) is 0 Å². The van der Waals surface area contributed by atoms with Crippen LogP contribution in [0.1, 0.15) is 68.2 Å². The fourth-order valence-corrected chi connectivity index (χ4v) is 2.35. The molecule has 0 aromatic carbocycles. The van der Waals surface area contributed by atoms with E-state index in [4.69, 9.17) is 0 Å². The fourth-order valence-electron chi connectivity index (χ4n) is 2.35. The van der Waals surface area contributed by atoms with Gasteiger partial charge in [-0.1, -0.05) is 61.8 Å². The second-order valence-corrected chi connectivity index (χ2v) is 6.92. The Labute approximate surface area is 91.5 Å². The van der Waals surface area contributed by atoms with Gasteiger partial charge in [0.05, 0.1) is 0 Å². The second-order valence-electron chi connectivity index (χ2n) is 6.92. The predicted octanol–water partition coefficient (Wildman–Crippen LogP) is 5.13. The van der Waals surface area contributed by atoms with Crippen molar-refractivity contribution in [1.29, 1.82) is 0 Å². The van der Waals surface area contributed by atoms with Crippen LogP contribution in [-0.2, 0) is 0 Å². The molecule has 0 radical (unpaired) electrons. The van der Waals surface area contributed by atoms with E-state index >= 15 is 0 Å². The predicted molar refractivity (Wildman–Crippen MR) is 66.5 cm³/mol. The van der Waals surface area contributed by atoms with Crippen LogP contribution in [0.4, 0.5) is 0 Å². The summed E-state index contributed by atoms with van der Waals surface area (Å²) >= 11 is 0. The van der Waals surface area contributed by atoms with E-state index in [2.05, 4.69) is 55.4 Å². The Hall–Kier alpha value is 0. The van der Waals surface area contributed by atoms with Gasteiger partial charge in [-0.15, -0.1) is 0 Å². The van der Waals surface area contributed by atoms with Gasteiger partial charge in [0.1, 0.15) is 0 Å². The average Bonchev–Trinajstić information content (AvgIpc) is 1.94. The van der Waals surface area contributed by atoms with Gasteiger partial charge in [0.25, 0.3) is 0 Å². The van der Waals surface area contributed by atoms with Crippen molar-refractivity contribution in [2.75, 3.05) is 0 Å². The maximum atomic E-state index is 2.42. The lowest BCUT2D eigenvalue weighted by molar-refractivity contribution is 0.0768. The zero-order valence-corrected chi connectivity index (χ0v) is 11.6. The highest BCUT2D eigenvalue weighted by Gasteiger charge is 2.34. The van der Waals surface area contributed by atoms with Gasteiger partial charge >= 0.3 is 0 Å². The SMILES string of the molecule is CCCC(C(C)C(C)(C)C)C(C)(C)C. The summed E-state index contributed by atoms with van der Waals surface area (Å²) in [6.45, 7) is 19.0. The normalized spacial score (nSPS) is 18.0. The molecule has 0 aromatic rings. The number of rotatable bonds is 3. The first kappa shape index (κ1) is 14.0. The van der Waals surface area contributed by atoms with Crippen LogP contribution in [0.3, 0.4) is 0 Å². The Morgan fingerprint density at radius 2 is 1.29 bits per heavy atom. The monoisotopic (exact) mass is 198 g/mol. The van der Waals surface area contributed by atoms with Crippen molar-refractivity contribution in [1.82, 2.24) is 0 Å². The molecule has 0 aliphatic carbocycles. The highest BCUT2D eigenvalue weighted by Crippen LogP contribution is 2.43. The van der Waals surface area contributed by atoms with E-state index in [0.29, 0.717) is 10.8 Å². The van der Waals surface area contributed by atoms with Crippen molar-refractivity contribution in [3.63, 3.8) is 0 Å². The summed E-state index contributed by atoms with van der Waals surface area (Å²) in [6, 6.07) is 0. The third-order valence-electron chi connectivity index (χ3n) is 3.68. The molecule has 0 aliphatic rings. The van der Waals surface area contributed by atoms with Crippen molar-refractivity contribution in [2.24, 2.45) is 22.7 Å². The van der Waals surface area contributed by atoms with Crippen LogP contribution in [0, 0.1) is 22.7 Å². The lowest BCUT2D eigenvalue weighted by Crippen LogP contribution is -2.34. The molecule has 0 N–H and O–H groups in total. The standard InChI is InChI=1S/C14H30/c1-9-10-12(14(6,7)8)11(2)13(3,4)5/h11-12H,9-10H2,1-8H3. The molecule has 0 rings (SSSR count). The van der Waals surface area contributed by atoms with Gasteiger partial charge in [-0.3, -0.25) is 0 Å². The van der Waals surface area contributed by atoms with Gasteiger partial charge in [0.15, 0.2) is 0 Å². The molecule has 0 heteroatoms. The molecule has 0 aliphatic heterocycles. The van der Waals surface area contributed by atoms with Crippen molar-refractivity contribution in [3.05, 3.63) is 0 Å². The van der Waals surface area contributed by atoms with Crippen LogP contribution >= 0.6 is 0 Å². The van der Waals surface area contributed by atoms with E-state index < -0.39 is 0 Å². The maximum Gasteiger partial charge on any atom is -0.0335 e. The summed E-state index contributed by atoms with van der Waals surface area (Å²) in [5, 5.41) is 0. The van der Waals surface area contributed by atoms with Crippen LogP contribution in [0.25, 0.3) is 0 Å². The quantitative estimate of drug-likeness (QED) is 0.589. The van der Waals surface area contributed by atoms with Crippen molar-refractivity contribution in [2.45, 2.75) is 68.2 Å². The van der Waals surface area contributed by atoms with Gasteiger partial charge < -0.3 is 0 Å². The zero-order chi connectivity index (χ0) is 11.6. The lowest BCUT2D eigenvalue weighted by Gasteiger charge is -2.42. The summed E-state index contributed by atoms with van der Waals surface area (Å²) in [7, 11) is 0. The molecule has 0 heterocycles. The number of hydrogen-bond acceptors (Lipinski definition) is 0. The van der Waals surface area contributed by atoms with Crippen LogP contribution in [0.2, 0.25) is 0 Å². The molecule has 0 saturated carbocycles. The Balaban J connectivity index is 4.67. The van der Waals surface area contributed by atoms with Crippen molar-refractivity contribution >= 4 is 0 Å². The molecular weight excluding hydrogens is 168 g/mol. The summed E-state index contributed by atoms with van der Waals surface area (Å²) in [4.78, 5) is 0. The first-order valence-corrected chi connectivity index (χ1v) is 6.10. The van der Waals surface area contributed by atoms with Gasteiger partial charge in [0, 0.05) is 0 Å². The highest BCUT2D eigenvalue weighted by atomic mass is 14.4. The zero-order valence-electron chi connectivity index (χ0n) is 11.6. The molecule has 0 bridgehead atoms. The summed E-state index contributed by atoms with van der Waals surface area (Å²) in [5.41, 5.74) is 0.885. The fraction of sp³-hybridized carbons (Fsp3) is 1.00. The van der Waals surface area contributed by atoms with Crippen molar-refractivity contribution < 1.29 is 0 Å². The Morgan fingerprint density at radius 3 is 1.50 bits per heavy atom. The summed E-state index contributed by atoms with van der Waals surface area (Å²) in [5.74, 6) is 1.63. The molecule has 0 nitrogen and oxygen atoms in total. The Kier molecular flexibility index (Phi) is 4.68. The van der Waals surface area contributed by atoms with Gasteiger partial charge in [-0.05, 0) is 29.1 Å². The molecule has 0 amide bonds. The minimum absolute atomic E-state index is 0.438. The number of hydrogen-bond donors (Lipinski definition) is 0. The minimum Gasteiger partial charge on any atom is -0.0654 e. The lowest BCUT2D eigenvalue weighted by atomic mass is 9.64. The summed E-state index contributed by atoms with van der Waals surface area (Å²) < 4.78 is 0. The topological polar surface area (TPSA) is 0 Å². The van der Waals surface area contributed by atoms with E-state index in [1.54, 1.807) is 0 Å². The van der Waals surface area contributed by atoms with E-state index in [9.17, 15) is 0 Å². The highest BCUT2D eigenvalue weighted by molar-refractivity contribution is 4.84. The first-order valence-electron chi connectivity index (χ1n) is 6.10. The minimum atomic E-state index is 0.438. The second kappa shape index (κ2) is 4.68.